The van der Waals surface area contributed by atoms with Gasteiger partial charge in [-0.1, -0.05) is 0 Å². The molecule has 17 valence electrons. The van der Waals surface area contributed by atoms with Crippen LogP contribution in [0.3, 0.4) is 0 Å². The van der Waals surface area contributed by atoms with Crippen molar-refractivity contribution in [2.45, 2.75) is 0 Å². The van der Waals surface area contributed by atoms with E-state index in [2.05, 4.69) is 10.9 Å². The van der Waals surface area contributed by atoms with Crippen molar-refractivity contribution in [3.8, 4) is 0 Å². The summed E-state index contributed by atoms with van der Waals surface area (Å²) in [5, 5.41) is 0. The summed E-state index contributed by atoms with van der Waals surface area (Å²) in [7, 11) is 2.99. The first-order valence-corrected chi connectivity index (χ1v) is 1.35. The van der Waals surface area contributed by atoms with Crippen LogP contribution in [0.5, 0.6) is 0 Å². The Balaban J connectivity index is 0. The average Bonchev–Trinajstić information content (AvgIpc) is 0.918. The molecule has 0 amide bonds. The van der Waals surface area contributed by atoms with Crippen molar-refractivity contribution in [2.24, 2.45) is 0 Å². The minimum Gasteiger partial charge on any atom is 1.00 e. The van der Waals surface area contributed by atoms with Crippen LogP contribution in [0.25, 0.3) is 0 Å². The summed E-state index contributed by atoms with van der Waals surface area (Å²) in [6.07, 6.45) is 0. The fourth-order valence-electron chi connectivity index (χ4n) is 0. The number of rotatable bonds is 0. The fraction of sp³-hybridized carbons (Fsp3) is 0. The van der Waals surface area contributed by atoms with E-state index in [1.807, 2.05) is 0 Å². The second-order valence-electron chi connectivity index (χ2n) is 0.144. The zero-order valence-electron chi connectivity index (χ0n) is 2.62. The third-order valence-corrected chi connectivity index (χ3v) is 0. The summed E-state index contributed by atoms with van der Waals surface area (Å²) in [5.41, 5.74) is 0. The molecule has 0 aliphatic heterocycles. The molecule has 0 atom stereocenters. The third-order valence-electron chi connectivity index (χ3n) is 0. The van der Waals surface area contributed by atoms with Crippen molar-refractivity contribution in [1.82, 2.24) is 0 Å². The molecule has 0 saturated heterocycles. The summed E-state index contributed by atoms with van der Waals surface area (Å²) in [6, 6.07) is 0. The molecule has 0 aromatic heterocycles. The molecule has 0 spiro atoms. The molecule has 0 N–H and O–H groups in total. The summed E-state index contributed by atoms with van der Waals surface area (Å²) in [4.78, 5) is 0. The number of hydrogen-bond acceptors (Lipinski definition) is 1. The molecule has 0 bridgehead atoms. The SMILES string of the molecule is [CH2-][O][Ge].[Li+]. The van der Waals surface area contributed by atoms with Crippen LogP contribution in [-0.2, 0) is 3.76 Å². The maximum atomic E-state index is 4.00. The molecule has 4 heavy (non-hydrogen) atoms. The Hall–Kier alpha value is 1.10. The Bertz CT molecular complexity index is 8.00. The predicted molar refractivity (Wildman–Crippen MR) is 12.2 cm³/mol. The fourth-order valence-corrected chi connectivity index (χ4v) is 0. The normalized spacial score (nSPS) is 4.50. The van der Waals surface area contributed by atoms with Gasteiger partial charge in [-0.2, -0.15) is 0 Å². The van der Waals surface area contributed by atoms with Gasteiger partial charge >= 0.3 is 46.6 Å². The van der Waals surface area contributed by atoms with Gasteiger partial charge in [-0.3, -0.25) is 0 Å². The Morgan fingerprint density at radius 1 is 1.75 bits per heavy atom. The summed E-state index contributed by atoms with van der Waals surface area (Å²) in [5.74, 6) is 0. The Labute approximate surface area is 46.8 Å². The molecule has 3 heteroatoms. The number of hydrogen-bond donors (Lipinski definition) is 0. The average molecular weight is 110 g/mol. The van der Waals surface area contributed by atoms with Gasteiger partial charge < -0.3 is 0 Å². The van der Waals surface area contributed by atoms with Crippen LogP contribution in [0.15, 0.2) is 0 Å². The van der Waals surface area contributed by atoms with Crippen LogP contribution in [0.4, 0.5) is 0 Å². The van der Waals surface area contributed by atoms with E-state index in [-0.39, 0.29) is 18.9 Å². The van der Waals surface area contributed by atoms with Gasteiger partial charge in [0.15, 0.2) is 0 Å². The molecule has 0 heterocycles. The van der Waals surface area contributed by atoms with Crippen LogP contribution in [-0.4, -0.2) is 16.9 Å². The van der Waals surface area contributed by atoms with Crippen LogP contribution >= 0.6 is 0 Å². The third kappa shape index (κ3) is 11.3. The van der Waals surface area contributed by atoms with Crippen molar-refractivity contribution in [3.63, 3.8) is 0 Å². The molecule has 0 aliphatic carbocycles. The summed E-state index contributed by atoms with van der Waals surface area (Å²) in [6.45, 7) is 0. The van der Waals surface area contributed by atoms with Crippen molar-refractivity contribution in [2.75, 3.05) is 0 Å². The van der Waals surface area contributed by atoms with Crippen molar-refractivity contribution in [1.29, 1.82) is 0 Å². The molecule has 0 aliphatic rings. The first-order chi connectivity index (χ1) is 1.41. The van der Waals surface area contributed by atoms with Gasteiger partial charge in [-0.25, -0.2) is 0 Å². The molecule has 1 nitrogen and oxygen atoms in total. The van der Waals surface area contributed by atoms with E-state index < -0.39 is 0 Å². The van der Waals surface area contributed by atoms with Gasteiger partial charge in [0.2, 0.25) is 0 Å². The van der Waals surface area contributed by atoms with Gasteiger partial charge in [0, 0.05) is 0 Å². The molecule has 0 aromatic carbocycles. The van der Waals surface area contributed by atoms with Gasteiger partial charge in [0.1, 0.15) is 0 Å². The largest absolute Gasteiger partial charge is 1.00 e. The van der Waals surface area contributed by atoms with E-state index in [4.69, 9.17) is 0 Å². The van der Waals surface area contributed by atoms with Gasteiger partial charge in [0.05, 0.1) is 0 Å². The van der Waals surface area contributed by atoms with Crippen LogP contribution in [0.2, 0.25) is 0 Å². The molecule has 0 saturated carbocycles. The summed E-state index contributed by atoms with van der Waals surface area (Å²) < 4.78 is 4.00. The first-order valence-electron chi connectivity index (χ1n) is 0.493. The van der Waals surface area contributed by atoms with Crippen molar-refractivity contribution >= 4 is 16.9 Å². The minimum absolute atomic E-state index is 0. The van der Waals surface area contributed by atoms with E-state index in [9.17, 15) is 0 Å². The second-order valence-corrected chi connectivity index (χ2v) is 0.750. The topological polar surface area (TPSA) is 9.23 Å². The van der Waals surface area contributed by atoms with Crippen LogP contribution < -0.4 is 18.9 Å². The second kappa shape index (κ2) is 8.93. The van der Waals surface area contributed by atoms with Gasteiger partial charge in [-0.05, 0) is 0 Å². The van der Waals surface area contributed by atoms with E-state index in [1.54, 1.807) is 0 Å². The monoisotopic (exact) mass is 111 g/mol. The summed E-state index contributed by atoms with van der Waals surface area (Å²) >= 11 is 1.51. The van der Waals surface area contributed by atoms with Crippen molar-refractivity contribution < 1.29 is 22.6 Å². The van der Waals surface area contributed by atoms with E-state index in [0.29, 0.717) is 0 Å². The molecular formula is CH2GeLiO. The van der Waals surface area contributed by atoms with Crippen LogP contribution in [0, 0.1) is 7.11 Å². The Kier molecular flexibility index (Phi) is 19.9. The zero-order valence-corrected chi connectivity index (χ0v) is 4.71. The smallest absolute Gasteiger partial charge is 1.00 e. The Morgan fingerprint density at radius 3 is 1.75 bits per heavy atom. The van der Waals surface area contributed by atoms with E-state index >= 15 is 0 Å². The van der Waals surface area contributed by atoms with Crippen molar-refractivity contribution in [3.05, 3.63) is 7.11 Å². The predicted octanol–water partition coefficient (Wildman–Crippen LogP) is -3.12. The first kappa shape index (κ1) is 8.92. The zero-order chi connectivity index (χ0) is 2.71. The maximum absolute atomic E-state index is 4.00. The molecule has 0 aromatic rings. The van der Waals surface area contributed by atoms with Crippen LogP contribution in [0.1, 0.15) is 0 Å². The standard InChI is InChI=1S/CH2GeO.Li/c1-3-2;/h1H2;/q-1;+1. The van der Waals surface area contributed by atoms with Gasteiger partial charge in [-0.15, -0.1) is 0 Å². The molecule has 3 radical (unpaired) electrons. The molecule has 0 unspecified atom stereocenters. The molecule has 0 rings (SSSR count). The molecular weight excluding hydrogens is 108 g/mol. The van der Waals surface area contributed by atoms with E-state index in [1.165, 1.54) is 16.9 Å². The minimum atomic E-state index is 0. The van der Waals surface area contributed by atoms with E-state index in [0.717, 1.165) is 0 Å². The quantitative estimate of drug-likeness (QED) is 0.236. The van der Waals surface area contributed by atoms with Gasteiger partial charge in [0.25, 0.3) is 0 Å². The molecule has 0 fully saturated rings. The maximum Gasteiger partial charge on any atom is 1.00 e. The Morgan fingerprint density at radius 2 is 1.75 bits per heavy atom.